The zero-order valence-corrected chi connectivity index (χ0v) is 19.0. The minimum atomic E-state index is -1.18. The molecular formula is C26H30N3O4-. The summed E-state index contributed by atoms with van der Waals surface area (Å²) in [6, 6.07) is 15.3. The molecule has 2 aromatic rings. The number of benzene rings is 2. The number of anilines is 2. The van der Waals surface area contributed by atoms with Crippen LogP contribution < -0.4 is 15.3 Å². The molecule has 1 saturated carbocycles. The molecule has 2 fully saturated rings. The highest BCUT2D eigenvalue weighted by Gasteiger charge is 2.32. The lowest BCUT2D eigenvalue weighted by molar-refractivity contribution is -0.313. The Hall–Kier alpha value is -3.35. The molecule has 0 unspecified atom stereocenters. The monoisotopic (exact) mass is 448 g/mol. The van der Waals surface area contributed by atoms with Gasteiger partial charge in [-0.1, -0.05) is 42.7 Å². The number of rotatable bonds is 5. The van der Waals surface area contributed by atoms with E-state index in [-0.39, 0.29) is 11.8 Å². The lowest BCUT2D eigenvalue weighted by Gasteiger charge is -2.36. The van der Waals surface area contributed by atoms with Crippen LogP contribution >= 0.6 is 0 Å². The van der Waals surface area contributed by atoms with Crippen LogP contribution in [0.3, 0.4) is 0 Å². The van der Waals surface area contributed by atoms with E-state index < -0.39 is 17.8 Å². The second-order valence-electron chi connectivity index (χ2n) is 8.97. The molecule has 2 amide bonds. The first-order valence-electron chi connectivity index (χ1n) is 11.7. The Morgan fingerprint density at radius 1 is 0.879 bits per heavy atom. The zero-order chi connectivity index (χ0) is 23.4. The number of hydrogen-bond acceptors (Lipinski definition) is 5. The summed E-state index contributed by atoms with van der Waals surface area (Å²) in [4.78, 5) is 41.8. The average molecular weight is 449 g/mol. The van der Waals surface area contributed by atoms with Crippen LogP contribution in [-0.2, 0) is 9.59 Å². The molecule has 1 aliphatic carbocycles. The molecule has 1 N–H and O–H groups in total. The second-order valence-corrected chi connectivity index (χ2v) is 8.97. The van der Waals surface area contributed by atoms with Crippen molar-refractivity contribution in [1.29, 1.82) is 0 Å². The quantitative estimate of drug-likeness (QED) is 0.759. The van der Waals surface area contributed by atoms with Crippen molar-refractivity contribution in [3.05, 3.63) is 59.7 Å². The van der Waals surface area contributed by atoms with Crippen LogP contribution in [0.25, 0.3) is 0 Å². The van der Waals surface area contributed by atoms with Gasteiger partial charge in [0, 0.05) is 49.7 Å². The first-order valence-corrected chi connectivity index (χ1v) is 11.7. The van der Waals surface area contributed by atoms with Crippen LogP contribution in [0.5, 0.6) is 0 Å². The van der Waals surface area contributed by atoms with Crippen LogP contribution in [0.4, 0.5) is 11.4 Å². The van der Waals surface area contributed by atoms with E-state index in [1.54, 1.807) is 29.2 Å². The molecule has 1 heterocycles. The van der Waals surface area contributed by atoms with E-state index in [0.29, 0.717) is 37.2 Å². The number of carbonyl (C=O) groups is 3. The summed E-state index contributed by atoms with van der Waals surface area (Å²) in [5.74, 6) is -3.07. The highest BCUT2D eigenvalue weighted by atomic mass is 16.4. The third-order valence-electron chi connectivity index (χ3n) is 6.79. The predicted molar refractivity (Wildman–Crippen MR) is 125 cm³/mol. The molecule has 1 saturated heterocycles. The van der Waals surface area contributed by atoms with Gasteiger partial charge < -0.3 is 25.0 Å². The van der Waals surface area contributed by atoms with Gasteiger partial charge in [-0.15, -0.1) is 0 Å². The number of carbonyl (C=O) groups excluding carboxylic acids is 3. The van der Waals surface area contributed by atoms with Crippen LogP contribution in [0.2, 0.25) is 0 Å². The largest absolute Gasteiger partial charge is 0.550 e. The first-order chi connectivity index (χ1) is 15.9. The van der Waals surface area contributed by atoms with Crippen LogP contribution in [-0.4, -0.2) is 48.9 Å². The molecular weight excluding hydrogens is 418 g/mol. The van der Waals surface area contributed by atoms with Crippen molar-refractivity contribution in [3.63, 3.8) is 0 Å². The summed E-state index contributed by atoms with van der Waals surface area (Å²) in [5, 5.41) is 14.3. The van der Waals surface area contributed by atoms with Crippen molar-refractivity contribution in [2.45, 2.75) is 32.6 Å². The van der Waals surface area contributed by atoms with Gasteiger partial charge in [0.2, 0.25) is 5.91 Å². The lowest BCUT2D eigenvalue weighted by atomic mass is 9.78. The summed E-state index contributed by atoms with van der Waals surface area (Å²) >= 11 is 0. The Kier molecular flexibility index (Phi) is 6.96. The van der Waals surface area contributed by atoms with Crippen LogP contribution in [0.15, 0.2) is 48.5 Å². The van der Waals surface area contributed by atoms with Gasteiger partial charge in [-0.3, -0.25) is 9.59 Å². The maximum Gasteiger partial charge on any atom is 0.256 e. The number of aryl methyl sites for hydroxylation is 1. The fourth-order valence-electron chi connectivity index (χ4n) is 4.82. The maximum absolute atomic E-state index is 13.3. The molecule has 174 valence electrons. The Balaban J connectivity index is 1.43. The van der Waals surface area contributed by atoms with Gasteiger partial charge >= 0.3 is 0 Å². The lowest BCUT2D eigenvalue weighted by Crippen LogP contribution is -2.49. The number of nitrogens with zero attached hydrogens (tertiary/aromatic N) is 2. The normalized spacial score (nSPS) is 20.9. The number of carboxylic acids is 1. The average Bonchev–Trinajstić information content (AvgIpc) is 2.84. The summed E-state index contributed by atoms with van der Waals surface area (Å²) in [6.45, 7) is 4.70. The number of para-hydroxylation sites is 1. The topological polar surface area (TPSA) is 92.8 Å². The van der Waals surface area contributed by atoms with Gasteiger partial charge in [0.25, 0.3) is 5.91 Å². The summed E-state index contributed by atoms with van der Waals surface area (Å²) in [7, 11) is 0. The van der Waals surface area contributed by atoms with E-state index in [9.17, 15) is 19.5 Å². The predicted octanol–water partition coefficient (Wildman–Crippen LogP) is 2.45. The number of amides is 2. The van der Waals surface area contributed by atoms with E-state index in [4.69, 9.17) is 0 Å². The van der Waals surface area contributed by atoms with E-state index in [1.807, 2.05) is 0 Å². The molecule has 2 aliphatic rings. The van der Waals surface area contributed by atoms with Gasteiger partial charge in [-0.2, -0.15) is 0 Å². The molecule has 0 bridgehead atoms. The SMILES string of the molecule is Cc1ccc(N2CCN(C(=O)c3ccccc3NC(=O)[C@@H]3CCCC[C@@H]3C(=O)[O-])CC2)cc1. The highest BCUT2D eigenvalue weighted by molar-refractivity contribution is 6.04. The Morgan fingerprint density at radius 3 is 2.18 bits per heavy atom. The third-order valence-corrected chi connectivity index (χ3v) is 6.79. The molecule has 0 radical (unpaired) electrons. The standard InChI is InChI=1S/C26H31N3O4/c1-18-10-12-19(13-11-18)28-14-16-29(17-15-28)25(31)22-8-4-5-9-23(22)27-24(30)20-6-2-3-7-21(20)26(32)33/h4-5,8-13,20-21H,2-3,6-7,14-17H2,1H3,(H,27,30)(H,32,33)/p-1/t20-,21+/m1/s1. The number of carboxylic acid groups (broad SMARTS) is 1. The first kappa shape index (κ1) is 22.8. The van der Waals surface area contributed by atoms with Crippen molar-refractivity contribution in [2.75, 3.05) is 36.4 Å². The van der Waals surface area contributed by atoms with Crippen LogP contribution in [0.1, 0.15) is 41.6 Å². The molecule has 33 heavy (non-hydrogen) atoms. The zero-order valence-electron chi connectivity index (χ0n) is 19.0. The summed E-state index contributed by atoms with van der Waals surface area (Å²) in [6.07, 6.45) is 2.56. The van der Waals surface area contributed by atoms with Gasteiger partial charge in [-0.25, -0.2) is 0 Å². The van der Waals surface area contributed by atoms with Gasteiger partial charge in [0.1, 0.15) is 0 Å². The fraction of sp³-hybridized carbons (Fsp3) is 0.423. The Labute approximate surface area is 194 Å². The molecule has 1 aliphatic heterocycles. The van der Waals surface area contributed by atoms with Gasteiger partial charge in [0.15, 0.2) is 0 Å². The van der Waals surface area contributed by atoms with Crippen molar-refractivity contribution >= 4 is 29.2 Å². The second kappa shape index (κ2) is 10.1. The van der Waals surface area contributed by atoms with Crippen molar-refractivity contribution in [3.8, 4) is 0 Å². The Morgan fingerprint density at radius 2 is 1.52 bits per heavy atom. The van der Waals surface area contributed by atoms with Gasteiger partial charge in [-0.05, 0) is 44.0 Å². The molecule has 2 aromatic carbocycles. The van der Waals surface area contributed by atoms with E-state index in [2.05, 4.69) is 41.4 Å². The minimum absolute atomic E-state index is 0.130. The highest BCUT2D eigenvalue weighted by Crippen LogP contribution is 2.31. The number of piperazine rings is 1. The molecule has 0 spiro atoms. The number of nitrogens with one attached hydrogen (secondary N) is 1. The van der Waals surface area contributed by atoms with E-state index in [1.165, 1.54) is 5.56 Å². The minimum Gasteiger partial charge on any atom is -0.550 e. The summed E-state index contributed by atoms with van der Waals surface area (Å²) in [5.41, 5.74) is 3.22. The van der Waals surface area contributed by atoms with Crippen molar-refractivity contribution in [2.24, 2.45) is 11.8 Å². The molecule has 4 rings (SSSR count). The number of hydrogen-bond donors (Lipinski definition) is 1. The van der Waals surface area contributed by atoms with Crippen LogP contribution in [0, 0.1) is 18.8 Å². The fourth-order valence-corrected chi connectivity index (χ4v) is 4.82. The molecule has 7 heteroatoms. The Bertz CT molecular complexity index is 1010. The number of aliphatic carboxylic acids is 1. The molecule has 2 atom stereocenters. The van der Waals surface area contributed by atoms with E-state index >= 15 is 0 Å². The van der Waals surface area contributed by atoms with Gasteiger partial charge in [0.05, 0.1) is 11.3 Å². The molecule has 0 aromatic heterocycles. The molecule has 7 nitrogen and oxygen atoms in total. The van der Waals surface area contributed by atoms with E-state index in [0.717, 1.165) is 31.6 Å². The smallest absolute Gasteiger partial charge is 0.256 e. The van der Waals surface area contributed by atoms with Crippen molar-refractivity contribution < 1.29 is 19.5 Å². The van der Waals surface area contributed by atoms with Crippen molar-refractivity contribution in [1.82, 2.24) is 4.90 Å². The maximum atomic E-state index is 13.3. The third kappa shape index (κ3) is 5.18. The summed E-state index contributed by atoms with van der Waals surface area (Å²) < 4.78 is 0.